The molecule has 2 aromatic carbocycles. The summed E-state index contributed by atoms with van der Waals surface area (Å²) in [5.41, 5.74) is 10.2. The minimum atomic E-state index is -0.297. The molecule has 0 radical (unpaired) electrons. The lowest BCUT2D eigenvalue weighted by atomic mass is 10.1. The van der Waals surface area contributed by atoms with Gasteiger partial charge in [-0.2, -0.15) is 0 Å². The third-order valence-corrected chi connectivity index (χ3v) is 7.07. The zero-order valence-corrected chi connectivity index (χ0v) is 20.3. The SMILES string of the molecule is NC(=O)CCCCCN(CC(=O)NC1CCc2ccccc21)CC(=O)NC1CCc2ccccc21. The normalized spacial score (nSPS) is 18.2. The van der Waals surface area contributed by atoms with Gasteiger partial charge in [-0.25, -0.2) is 0 Å². The Bertz CT molecular complexity index is 983. The number of hydrogen-bond acceptors (Lipinski definition) is 4. The molecule has 7 nitrogen and oxygen atoms in total. The molecule has 0 aromatic heterocycles. The van der Waals surface area contributed by atoms with Crippen molar-refractivity contribution in [1.29, 1.82) is 0 Å². The maximum atomic E-state index is 12.9. The number of hydrogen-bond donors (Lipinski definition) is 3. The van der Waals surface area contributed by atoms with E-state index < -0.39 is 0 Å². The summed E-state index contributed by atoms with van der Waals surface area (Å²) in [6.07, 6.45) is 6.45. The smallest absolute Gasteiger partial charge is 0.234 e. The van der Waals surface area contributed by atoms with Gasteiger partial charge in [0.25, 0.3) is 0 Å². The molecule has 2 aromatic rings. The molecule has 0 fully saturated rings. The molecule has 0 saturated carbocycles. The molecule has 0 aliphatic heterocycles. The van der Waals surface area contributed by atoms with Gasteiger partial charge in [-0.1, -0.05) is 55.0 Å². The van der Waals surface area contributed by atoms with Crippen LogP contribution in [0.5, 0.6) is 0 Å². The van der Waals surface area contributed by atoms with Crippen molar-refractivity contribution in [3.05, 3.63) is 70.8 Å². The van der Waals surface area contributed by atoms with Crippen LogP contribution in [0.4, 0.5) is 0 Å². The standard InChI is InChI=1S/C28H36N4O3/c29-26(33)12-2-1-7-17-32(18-27(34)30-24-15-13-20-8-3-5-10-22(20)24)19-28(35)31-25-16-14-21-9-4-6-11-23(21)25/h3-6,8-11,24-25H,1-2,7,12-19H2,(H2,29,33)(H,30,34)(H,31,35). The molecule has 4 N–H and O–H groups in total. The van der Waals surface area contributed by atoms with Gasteiger partial charge in [0.15, 0.2) is 0 Å². The lowest BCUT2D eigenvalue weighted by Gasteiger charge is -2.24. The summed E-state index contributed by atoms with van der Waals surface area (Å²) >= 11 is 0. The molecule has 0 spiro atoms. The molecule has 0 saturated heterocycles. The van der Waals surface area contributed by atoms with E-state index in [4.69, 9.17) is 5.73 Å². The largest absolute Gasteiger partial charge is 0.370 e. The fraction of sp³-hybridized carbons (Fsp3) is 0.464. The van der Waals surface area contributed by atoms with E-state index in [1.54, 1.807) is 0 Å². The summed E-state index contributed by atoms with van der Waals surface area (Å²) in [4.78, 5) is 38.8. The predicted molar refractivity (Wildman–Crippen MR) is 135 cm³/mol. The summed E-state index contributed by atoms with van der Waals surface area (Å²) in [5, 5.41) is 6.34. The van der Waals surface area contributed by atoms with Crippen LogP contribution in [0.3, 0.4) is 0 Å². The Kier molecular flexibility index (Phi) is 8.53. The third-order valence-electron chi connectivity index (χ3n) is 7.07. The van der Waals surface area contributed by atoms with Crippen molar-refractivity contribution in [2.75, 3.05) is 19.6 Å². The second-order valence-electron chi connectivity index (χ2n) is 9.70. The minimum absolute atomic E-state index is 0.0277. The van der Waals surface area contributed by atoms with Crippen LogP contribution in [0.25, 0.3) is 0 Å². The van der Waals surface area contributed by atoms with Gasteiger partial charge in [-0.15, -0.1) is 0 Å². The van der Waals surface area contributed by atoms with E-state index in [1.165, 1.54) is 22.3 Å². The first-order chi connectivity index (χ1) is 17.0. The number of carbonyl (C=O) groups excluding carboxylic acids is 3. The molecular formula is C28H36N4O3. The molecule has 2 unspecified atom stereocenters. The molecule has 0 bridgehead atoms. The Morgan fingerprint density at radius 1 is 0.771 bits per heavy atom. The number of amides is 3. The summed E-state index contributed by atoms with van der Waals surface area (Å²) in [6.45, 7) is 0.953. The molecule has 0 heterocycles. The van der Waals surface area contributed by atoms with E-state index in [0.29, 0.717) is 13.0 Å². The Morgan fingerprint density at radius 2 is 1.29 bits per heavy atom. The number of aryl methyl sites for hydroxylation is 2. The lowest BCUT2D eigenvalue weighted by Crippen LogP contribution is -2.44. The third kappa shape index (κ3) is 6.92. The van der Waals surface area contributed by atoms with Crippen LogP contribution in [-0.4, -0.2) is 42.3 Å². The number of nitrogens with zero attached hydrogens (tertiary/aromatic N) is 1. The Labute approximate surface area is 207 Å². The monoisotopic (exact) mass is 476 g/mol. The summed E-state index contributed by atoms with van der Waals surface area (Å²) in [5.74, 6) is -0.431. The zero-order chi connectivity index (χ0) is 24.6. The van der Waals surface area contributed by atoms with E-state index in [1.807, 2.05) is 29.2 Å². The van der Waals surface area contributed by atoms with Gasteiger partial charge in [0, 0.05) is 6.42 Å². The highest BCUT2D eigenvalue weighted by molar-refractivity contribution is 5.82. The van der Waals surface area contributed by atoms with Gasteiger partial charge in [0.05, 0.1) is 25.2 Å². The van der Waals surface area contributed by atoms with Crippen LogP contribution in [0.2, 0.25) is 0 Å². The fourth-order valence-corrected chi connectivity index (χ4v) is 5.33. The molecule has 4 rings (SSSR count). The fourth-order valence-electron chi connectivity index (χ4n) is 5.33. The zero-order valence-electron chi connectivity index (χ0n) is 20.3. The molecule has 186 valence electrons. The number of nitrogens with one attached hydrogen (secondary N) is 2. The Morgan fingerprint density at radius 3 is 1.80 bits per heavy atom. The molecule has 7 heteroatoms. The summed E-state index contributed by atoms with van der Waals surface area (Å²) < 4.78 is 0. The number of rotatable bonds is 12. The molecule has 2 aliphatic rings. The van der Waals surface area contributed by atoms with Crippen molar-refractivity contribution in [1.82, 2.24) is 15.5 Å². The van der Waals surface area contributed by atoms with E-state index in [9.17, 15) is 14.4 Å². The molecule has 35 heavy (non-hydrogen) atoms. The van der Waals surface area contributed by atoms with Gasteiger partial charge in [0.1, 0.15) is 0 Å². The van der Waals surface area contributed by atoms with Crippen LogP contribution < -0.4 is 16.4 Å². The predicted octanol–water partition coefficient (Wildman–Crippen LogP) is 2.94. The highest BCUT2D eigenvalue weighted by atomic mass is 16.2. The van der Waals surface area contributed by atoms with Crippen molar-refractivity contribution in [2.24, 2.45) is 5.73 Å². The Hall–Kier alpha value is -3.19. The number of nitrogens with two attached hydrogens (primary N) is 1. The van der Waals surface area contributed by atoms with Crippen LogP contribution in [0, 0.1) is 0 Å². The number of unbranched alkanes of at least 4 members (excludes halogenated alkanes) is 2. The first kappa shape index (κ1) is 24.9. The highest BCUT2D eigenvalue weighted by Crippen LogP contribution is 2.31. The van der Waals surface area contributed by atoms with Gasteiger partial charge in [-0.3, -0.25) is 19.3 Å². The number of fused-ring (bicyclic) bond motifs is 2. The number of carbonyl (C=O) groups is 3. The Balaban J connectivity index is 1.32. The average Bonchev–Trinajstić information content (AvgIpc) is 3.43. The highest BCUT2D eigenvalue weighted by Gasteiger charge is 2.26. The summed E-state index contributed by atoms with van der Waals surface area (Å²) in [7, 11) is 0. The first-order valence-electron chi connectivity index (χ1n) is 12.7. The van der Waals surface area contributed by atoms with Crippen LogP contribution in [0.1, 0.15) is 72.9 Å². The molecule has 2 atom stereocenters. The maximum absolute atomic E-state index is 12.9. The first-order valence-corrected chi connectivity index (χ1v) is 12.7. The topological polar surface area (TPSA) is 105 Å². The molecule has 3 amide bonds. The van der Waals surface area contributed by atoms with E-state index in [0.717, 1.165) is 44.9 Å². The molecular weight excluding hydrogens is 440 g/mol. The van der Waals surface area contributed by atoms with E-state index in [-0.39, 0.29) is 42.9 Å². The van der Waals surface area contributed by atoms with Gasteiger partial charge >= 0.3 is 0 Å². The van der Waals surface area contributed by atoms with Crippen molar-refractivity contribution < 1.29 is 14.4 Å². The average molecular weight is 477 g/mol. The van der Waals surface area contributed by atoms with Crippen molar-refractivity contribution in [3.8, 4) is 0 Å². The van der Waals surface area contributed by atoms with E-state index >= 15 is 0 Å². The van der Waals surface area contributed by atoms with Crippen LogP contribution in [0.15, 0.2) is 48.5 Å². The van der Waals surface area contributed by atoms with Gasteiger partial charge in [-0.05, 0) is 67.3 Å². The lowest BCUT2D eigenvalue weighted by molar-refractivity contribution is -0.126. The van der Waals surface area contributed by atoms with Crippen molar-refractivity contribution in [2.45, 2.75) is 63.5 Å². The number of benzene rings is 2. The van der Waals surface area contributed by atoms with Crippen LogP contribution >= 0.6 is 0 Å². The van der Waals surface area contributed by atoms with Gasteiger partial charge in [0.2, 0.25) is 17.7 Å². The van der Waals surface area contributed by atoms with E-state index in [2.05, 4.69) is 34.9 Å². The summed E-state index contributed by atoms with van der Waals surface area (Å²) in [6, 6.07) is 16.5. The second-order valence-corrected chi connectivity index (χ2v) is 9.70. The maximum Gasteiger partial charge on any atom is 0.234 e. The molecule has 2 aliphatic carbocycles. The minimum Gasteiger partial charge on any atom is -0.370 e. The number of primary amides is 1. The second kappa shape index (κ2) is 12.0. The van der Waals surface area contributed by atoms with Crippen LogP contribution in [-0.2, 0) is 27.2 Å². The van der Waals surface area contributed by atoms with Gasteiger partial charge < -0.3 is 16.4 Å². The quantitative estimate of drug-likeness (QED) is 0.410. The van der Waals surface area contributed by atoms with Crippen molar-refractivity contribution in [3.63, 3.8) is 0 Å². The van der Waals surface area contributed by atoms with Crippen molar-refractivity contribution >= 4 is 17.7 Å².